The van der Waals surface area contributed by atoms with Crippen LogP contribution in [0.5, 0.6) is 0 Å². The first kappa shape index (κ1) is 13.3. The summed E-state index contributed by atoms with van der Waals surface area (Å²) < 4.78 is 0. The summed E-state index contributed by atoms with van der Waals surface area (Å²) in [5.41, 5.74) is 0. The Morgan fingerprint density at radius 3 is 2.18 bits per heavy atom. The van der Waals surface area contributed by atoms with Crippen LogP contribution in [0.1, 0.15) is 33.1 Å². The minimum atomic E-state index is 0.786. The van der Waals surface area contributed by atoms with E-state index < -0.39 is 0 Å². The van der Waals surface area contributed by atoms with Crippen LogP contribution in [-0.4, -0.2) is 61.7 Å². The van der Waals surface area contributed by atoms with Crippen LogP contribution < -0.4 is 5.32 Å². The summed E-state index contributed by atoms with van der Waals surface area (Å²) in [5.74, 6) is 0.902. The lowest BCUT2D eigenvalue weighted by atomic mass is 10.0. The van der Waals surface area contributed by atoms with Crippen LogP contribution in [0.4, 0.5) is 0 Å². The average Bonchev–Trinajstić information content (AvgIpc) is 2.85. The molecule has 2 rings (SSSR count). The molecule has 0 aromatic rings. The lowest BCUT2D eigenvalue weighted by molar-refractivity contribution is 0.202. The van der Waals surface area contributed by atoms with E-state index in [2.05, 4.69) is 29.0 Å². The highest BCUT2D eigenvalue weighted by atomic mass is 15.2. The standard InChI is InChI=1S/C14H29N3/c1-3-16-9-6-14(7-10-16)15-11-13-5-8-17(4-2)12-13/h13-15H,3-12H2,1-2H3. The van der Waals surface area contributed by atoms with Crippen molar-refractivity contribution in [3.63, 3.8) is 0 Å². The van der Waals surface area contributed by atoms with E-state index in [0.29, 0.717) is 0 Å². The van der Waals surface area contributed by atoms with E-state index in [1.165, 1.54) is 65.1 Å². The van der Waals surface area contributed by atoms with Gasteiger partial charge in [-0.2, -0.15) is 0 Å². The predicted octanol–water partition coefficient (Wildman–Crippen LogP) is 1.40. The molecule has 0 spiro atoms. The van der Waals surface area contributed by atoms with Gasteiger partial charge in [0.15, 0.2) is 0 Å². The Hall–Kier alpha value is -0.120. The lowest BCUT2D eigenvalue weighted by Crippen LogP contribution is -2.43. The third kappa shape index (κ3) is 3.94. The first-order valence-corrected chi connectivity index (χ1v) is 7.50. The van der Waals surface area contributed by atoms with Crippen LogP contribution in [-0.2, 0) is 0 Å². The maximum Gasteiger partial charge on any atom is 0.00915 e. The van der Waals surface area contributed by atoms with Crippen LogP contribution in [0.3, 0.4) is 0 Å². The fraction of sp³-hybridized carbons (Fsp3) is 1.00. The van der Waals surface area contributed by atoms with Crippen molar-refractivity contribution in [3.05, 3.63) is 0 Å². The minimum Gasteiger partial charge on any atom is -0.314 e. The van der Waals surface area contributed by atoms with Crippen molar-refractivity contribution in [2.45, 2.75) is 39.2 Å². The second-order valence-electron chi connectivity index (χ2n) is 5.66. The van der Waals surface area contributed by atoms with Gasteiger partial charge in [0.25, 0.3) is 0 Å². The molecule has 3 nitrogen and oxygen atoms in total. The molecule has 100 valence electrons. The van der Waals surface area contributed by atoms with E-state index >= 15 is 0 Å². The average molecular weight is 239 g/mol. The molecular weight excluding hydrogens is 210 g/mol. The van der Waals surface area contributed by atoms with Gasteiger partial charge in [0.2, 0.25) is 0 Å². The molecular formula is C14H29N3. The third-order valence-corrected chi connectivity index (χ3v) is 4.55. The molecule has 2 heterocycles. The second-order valence-corrected chi connectivity index (χ2v) is 5.66. The number of nitrogens with zero attached hydrogens (tertiary/aromatic N) is 2. The highest BCUT2D eigenvalue weighted by Gasteiger charge is 2.23. The van der Waals surface area contributed by atoms with Crippen molar-refractivity contribution in [2.75, 3.05) is 45.8 Å². The van der Waals surface area contributed by atoms with Crippen LogP contribution >= 0.6 is 0 Å². The molecule has 1 N–H and O–H groups in total. The largest absolute Gasteiger partial charge is 0.314 e. The molecule has 0 aromatic heterocycles. The smallest absolute Gasteiger partial charge is 0.00915 e. The summed E-state index contributed by atoms with van der Waals surface area (Å²) >= 11 is 0. The third-order valence-electron chi connectivity index (χ3n) is 4.55. The Morgan fingerprint density at radius 1 is 0.941 bits per heavy atom. The van der Waals surface area contributed by atoms with Gasteiger partial charge in [0.1, 0.15) is 0 Å². The molecule has 0 aromatic carbocycles. The van der Waals surface area contributed by atoms with E-state index in [-0.39, 0.29) is 0 Å². The minimum absolute atomic E-state index is 0.786. The Bertz CT molecular complexity index is 212. The highest BCUT2D eigenvalue weighted by Crippen LogP contribution is 2.16. The Morgan fingerprint density at radius 2 is 1.59 bits per heavy atom. The zero-order valence-corrected chi connectivity index (χ0v) is 11.6. The molecule has 2 aliphatic rings. The van der Waals surface area contributed by atoms with E-state index in [0.717, 1.165) is 12.0 Å². The number of hydrogen-bond donors (Lipinski definition) is 1. The Kier molecular flexibility index (Phi) is 5.26. The SMILES string of the molecule is CCN1CCC(NCC2CCN(CC)C2)CC1. The van der Waals surface area contributed by atoms with E-state index in [9.17, 15) is 0 Å². The van der Waals surface area contributed by atoms with Crippen molar-refractivity contribution in [2.24, 2.45) is 5.92 Å². The molecule has 0 bridgehead atoms. The molecule has 1 atom stereocenters. The molecule has 0 aliphatic carbocycles. The van der Waals surface area contributed by atoms with Crippen molar-refractivity contribution < 1.29 is 0 Å². The predicted molar refractivity (Wildman–Crippen MR) is 73.4 cm³/mol. The molecule has 2 aliphatic heterocycles. The quantitative estimate of drug-likeness (QED) is 0.782. The maximum atomic E-state index is 3.80. The molecule has 2 saturated heterocycles. The first-order valence-electron chi connectivity index (χ1n) is 7.50. The molecule has 3 heteroatoms. The van der Waals surface area contributed by atoms with Gasteiger partial charge in [-0.05, 0) is 64.4 Å². The zero-order chi connectivity index (χ0) is 12.1. The summed E-state index contributed by atoms with van der Waals surface area (Å²) in [6, 6.07) is 0.786. The van der Waals surface area contributed by atoms with Gasteiger partial charge in [-0.25, -0.2) is 0 Å². The Labute approximate surface area is 107 Å². The summed E-state index contributed by atoms with van der Waals surface area (Å²) in [5, 5.41) is 3.80. The highest BCUT2D eigenvalue weighted by molar-refractivity contribution is 4.81. The molecule has 0 amide bonds. The van der Waals surface area contributed by atoms with Crippen LogP contribution in [0.25, 0.3) is 0 Å². The fourth-order valence-corrected chi connectivity index (χ4v) is 3.15. The van der Waals surface area contributed by atoms with Gasteiger partial charge >= 0.3 is 0 Å². The number of hydrogen-bond acceptors (Lipinski definition) is 3. The van der Waals surface area contributed by atoms with Crippen LogP contribution in [0.2, 0.25) is 0 Å². The van der Waals surface area contributed by atoms with Gasteiger partial charge in [0.05, 0.1) is 0 Å². The molecule has 2 fully saturated rings. The summed E-state index contributed by atoms with van der Waals surface area (Å²) in [6.07, 6.45) is 4.09. The van der Waals surface area contributed by atoms with Gasteiger partial charge in [-0.1, -0.05) is 13.8 Å². The van der Waals surface area contributed by atoms with Crippen LogP contribution in [0.15, 0.2) is 0 Å². The summed E-state index contributed by atoms with van der Waals surface area (Å²) in [7, 11) is 0. The number of nitrogens with one attached hydrogen (secondary N) is 1. The second kappa shape index (κ2) is 6.72. The first-order chi connectivity index (χ1) is 8.31. The zero-order valence-electron chi connectivity index (χ0n) is 11.6. The van der Waals surface area contributed by atoms with Crippen molar-refractivity contribution >= 4 is 0 Å². The Balaban J connectivity index is 1.60. The molecule has 17 heavy (non-hydrogen) atoms. The van der Waals surface area contributed by atoms with Crippen molar-refractivity contribution in [3.8, 4) is 0 Å². The van der Waals surface area contributed by atoms with Crippen molar-refractivity contribution in [1.82, 2.24) is 15.1 Å². The van der Waals surface area contributed by atoms with E-state index in [1.807, 2.05) is 0 Å². The maximum absolute atomic E-state index is 3.80. The van der Waals surface area contributed by atoms with E-state index in [1.54, 1.807) is 0 Å². The van der Waals surface area contributed by atoms with Crippen LogP contribution in [0, 0.1) is 5.92 Å². The number of rotatable bonds is 5. The van der Waals surface area contributed by atoms with Gasteiger partial charge < -0.3 is 15.1 Å². The lowest BCUT2D eigenvalue weighted by Gasteiger charge is -2.32. The fourth-order valence-electron chi connectivity index (χ4n) is 3.15. The monoisotopic (exact) mass is 239 g/mol. The number of likely N-dealkylation sites (tertiary alicyclic amines) is 2. The van der Waals surface area contributed by atoms with Gasteiger partial charge in [0, 0.05) is 12.6 Å². The van der Waals surface area contributed by atoms with Gasteiger partial charge in [-0.15, -0.1) is 0 Å². The van der Waals surface area contributed by atoms with E-state index in [4.69, 9.17) is 0 Å². The molecule has 0 radical (unpaired) electrons. The van der Waals surface area contributed by atoms with Crippen molar-refractivity contribution in [1.29, 1.82) is 0 Å². The summed E-state index contributed by atoms with van der Waals surface area (Å²) in [4.78, 5) is 5.14. The molecule has 1 unspecified atom stereocenters. The van der Waals surface area contributed by atoms with Gasteiger partial charge in [-0.3, -0.25) is 0 Å². The molecule has 0 saturated carbocycles. The number of piperidine rings is 1. The normalized spacial score (nSPS) is 28.9. The topological polar surface area (TPSA) is 18.5 Å². The summed E-state index contributed by atoms with van der Waals surface area (Å²) in [6.45, 7) is 13.5.